The fraction of sp³-hybridized carbons (Fsp3) is 0.478. The minimum atomic E-state index is 1.04. The van der Waals surface area contributed by atoms with Crippen LogP contribution in [0.4, 0.5) is 0 Å². The largest absolute Gasteiger partial charge is 0.0885 e. The fourth-order valence-electron chi connectivity index (χ4n) is 1.96. The summed E-state index contributed by atoms with van der Waals surface area (Å²) in [6, 6.07) is 0. The van der Waals surface area contributed by atoms with Crippen molar-refractivity contribution in [2.45, 2.75) is 71.6 Å². The van der Waals surface area contributed by atoms with E-state index in [2.05, 4.69) is 86.8 Å². The van der Waals surface area contributed by atoms with E-state index in [4.69, 9.17) is 0 Å². The summed E-state index contributed by atoms with van der Waals surface area (Å²) >= 11 is 0. The maximum atomic E-state index is 2.29. The van der Waals surface area contributed by atoms with Gasteiger partial charge in [0.15, 0.2) is 0 Å². The second kappa shape index (κ2) is 20.4. The molecule has 0 aliphatic rings. The molecular weight excluding hydrogens is 276 g/mol. The lowest BCUT2D eigenvalue weighted by molar-refractivity contribution is 0.813. The van der Waals surface area contributed by atoms with Gasteiger partial charge < -0.3 is 0 Å². The minimum absolute atomic E-state index is 1.04. The Kier molecular flexibility index (Phi) is 19.1. The summed E-state index contributed by atoms with van der Waals surface area (Å²) in [4.78, 5) is 0. The molecule has 0 aliphatic carbocycles. The third-order valence-corrected chi connectivity index (χ3v) is 3.32. The van der Waals surface area contributed by atoms with Crippen molar-refractivity contribution in [1.82, 2.24) is 0 Å². The molecule has 0 nitrogen and oxygen atoms in total. The molecule has 0 aromatic carbocycles. The van der Waals surface area contributed by atoms with Gasteiger partial charge in [0, 0.05) is 0 Å². The molecule has 0 saturated heterocycles. The van der Waals surface area contributed by atoms with Crippen LogP contribution < -0.4 is 0 Å². The van der Waals surface area contributed by atoms with Crippen LogP contribution >= 0.6 is 0 Å². The molecule has 0 aliphatic heterocycles. The monoisotopic (exact) mass is 312 g/mol. The predicted octanol–water partition coefficient (Wildman–Crippen LogP) is 7.87. The maximum absolute atomic E-state index is 2.29. The smallest absolute Gasteiger partial charge is 0.0169 e. The number of hydrogen-bond donors (Lipinski definition) is 0. The Balaban J connectivity index is 3.47. The van der Waals surface area contributed by atoms with E-state index < -0.39 is 0 Å². The van der Waals surface area contributed by atoms with Gasteiger partial charge in [0.2, 0.25) is 0 Å². The average molecular weight is 313 g/mol. The van der Waals surface area contributed by atoms with Crippen LogP contribution in [0.5, 0.6) is 0 Å². The van der Waals surface area contributed by atoms with E-state index in [1.165, 1.54) is 19.3 Å². The Labute approximate surface area is 145 Å². The summed E-state index contributed by atoms with van der Waals surface area (Å²) < 4.78 is 0. The van der Waals surface area contributed by atoms with Gasteiger partial charge in [-0.1, -0.05) is 99.6 Å². The highest BCUT2D eigenvalue weighted by Crippen LogP contribution is 1.98. The van der Waals surface area contributed by atoms with E-state index in [1.54, 1.807) is 0 Å². The van der Waals surface area contributed by atoms with Crippen molar-refractivity contribution < 1.29 is 0 Å². The Bertz CT molecular complexity index is 388. The highest BCUT2D eigenvalue weighted by atomic mass is 13.8. The molecule has 0 atom stereocenters. The third-order valence-electron chi connectivity index (χ3n) is 3.32. The Morgan fingerprint density at radius 3 is 1.13 bits per heavy atom. The lowest BCUT2D eigenvalue weighted by Crippen LogP contribution is -1.67. The molecule has 0 aromatic rings. The first-order chi connectivity index (χ1) is 11.4. The van der Waals surface area contributed by atoms with Crippen LogP contribution in [0.2, 0.25) is 0 Å². The number of hydrogen-bond acceptors (Lipinski definition) is 0. The van der Waals surface area contributed by atoms with E-state index >= 15 is 0 Å². The summed E-state index contributed by atoms with van der Waals surface area (Å²) in [6.07, 6.45) is 37.1. The van der Waals surface area contributed by atoms with Gasteiger partial charge in [-0.25, -0.2) is 0 Å². The molecule has 0 spiro atoms. The first-order valence-electron chi connectivity index (χ1n) is 9.31. The molecule has 0 aromatic heterocycles. The van der Waals surface area contributed by atoms with Crippen LogP contribution in [-0.2, 0) is 0 Å². The maximum Gasteiger partial charge on any atom is -0.0169 e. The van der Waals surface area contributed by atoms with Gasteiger partial charge in [0.1, 0.15) is 0 Å². The van der Waals surface area contributed by atoms with Crippen molar-refractivity contribution in [2.75, 3.05) is 0 Å². The van der Waals surface area contributed by atoms with Crippen molar-refractivity contribution >= 4 is 0 Å². The van der Waals surface area contributed by atoms with E-state index in [0.29, 0.717) is 0 Å². The average Bonchev–Trinajstić information content (AvgIpc) is 2.57. The zero-order valence-corrected chi connectivity index (χ0v) is 15.3. The molecule has 0 bridgehead atoms. The molecule has 0 heteroatoms. The SMILES string of the molecule is CCC=CCC=CCC=CCC=CCC=CCC=CCCCC. The summed E-state index contributed by atoms with van der Waals surface area (Å²) in [5, 5.41) is 0. The molecule has 0 fully saturated rings. The molecule has 0 rings (SSSR count). The Hall–Kier alpha value is -1.56. The van der Waals surface area contributed by atoms with Crippen molar-refractivity contribution in [3.8, 4) is 0 Å². The second-order valence-electron chi connectivity index (χ2n) is 5.56. The zero-order valence-electron chi connectivity index (χ0n) is 15.3. The van der Waals surface area contributed by atoms with Crippen molar-refractivity contribution in [1.29, 1.82) is 0 Å². The molecule has 23 heavy (non-hydrogen) atoms. The van der Waals surface area contributed by atoms with Gasteiger partial charge in [0.25, 0.3) is 0 Å². The first kappa shape index (κ1) is 21.4. The molecular formula is C23H36. The van der Waals surface area contributed by atoms with E-state index in [9.17, 15) is 0 Å². The molecule has 0 N–H and O–H groups in total. The standard InChI is InChI=1S/C23H36/c1-3-5-7-9-11-13-15-17-19-21-23-22-20-18-16-14-12-10-8-6-4-2/h5,7,10-13,16-19,22-23H,3-4,6,8-9,14-15,20-21H2,1-2H3. The van der Waals surface area contributed by atoms with Crippen molar-refractivity contribution in [3.63, 3.8) is 0 Å². The molecule has 128 valence electrons. The van der Waals surface area contributed by atoms with Crippen LogP contribution in [0.15, 0.2) is 72.9 Å². The second-order valence-corrected chi connectivity index (χ2v) is 5.56. The first-order valence-corrected chi connectivity index (χ1v) is 9.31. The molecule has 0 amide bonds. The van der Waals surface area contributed by atoms with Gasteiger partial charge in [-0.2, -0.15) is 0 Å². The third kappa shape index (κ3) is 20.4. The van der Waals surface area contributed by atoms with Gasteiger partial charge in [0.05, 0.1) is 0 Å². The topological polar surface area (TPSA) is 0 Å². The summed E-state index contributed by atoms with van der Waals surface area (Å²) in [5.74, 6) is 0. The van der Waals surface area contributed by atoms with E-state index in [0.717, 1.165) is 38.5 Å². The number of rotatable bonds is 14. The van der Waals surface area contributed by atoms with Crippen LogP contribution in [-0.4, -0.2) is 0 Å². The lowest BCUT2D eigenvalue weighted by Gasteiger charge is -1.87. The van der Waals surface area contributed by atoms with Gasteiger partial charge >= 0.3 is 0 Å². The van der Waals surface area contributed by atoms with Gasteiger partial charge in [-0.05, 0) is 44.9 Å². The zero-order chi connectivity index (χ0) is 16.8. The fourth-order valence-corrected chi connectivity index (χ4v) is 1.96. The number of unbranched alkanes of at least 4 members (excludes halogenated alkanes) is 2. The van der Waals surface area contributed by atoms with Gasteiger partial charge in [-0.15, -0.1) is 0 Å². The van der Waals surface area contributed by atoms with Gasteiger partial charge in [-0.3, -0.25) is 0 Å². The quantitative estimate of drug-likeness (QED) is 0.226. The predicted molar refractivity (Wildman–Crippen MR) is 108 cm³/mol. The normalized spacial score (nSPS) is 13.3. The molecule has 0 heterocycles. The summed E-state index contributed by atoms with van der Waals surface area (Å²) in [5.41, 5.74) is 0. The Morgan fingerprint density at radius 1 is 0.435 bits per heavy atom. The van der Waals surface area contributed by atoms with Crippen LogP contribution in [0.1, 0.15) is 71.6 Å². The molecule has 0 radical (unpaired) electrons. The molecule has 0 unspecified atom stereocenters. The minimum Gasteiger partial charge on any atom is -0.0885 e. The van der Waals surface area contributed by atoms with Crippen LogP contribution in [0.25, 0.3) is 0 Å². The van der Waals surface area contributed by atoms with E-state index in [1.807, 2.05) is 0 Å². The Morgan fingerprint density at radius 2 is 0.783 bits per heavy atom. The highest BCUT2D eigenvalue weighted by Gasteiger charge is 1.77. The lowest BCUT2D eigenvalue weighted by atomic mass is 10.2. The van der Waals surface area contributed by atoms with Crippen molar-refractivity contribution in [3.05, 3.63) is 72.9 Å². The summed E-state index contributed by atoms with van der Waals surface area (Å²) in [7, 11) is 0. The van der Waals surface area contributed by atoms with Crippen molar-refractivity contribution in [2.24, 2.45) is 0 Å². The number of allylic oxidation sites excluding steroid dienone is 12. The highest BCUT2D eigenvalue weighted by molar-refractivity contribution is 5.01. The molecule has 0 saturated carbocycles. The van der Waals surface area contributed by atoms with Crippen LogP contribution in [0, 0.1) is 0 Å². The van der Waals surface area contributed by atoms with E-state index in [-0.39, 0.29) is 0 Å². The summed E-state index contributed by atoms with van der Waals surface area (Å²) in [6.45, 7) is 4.40. The van der Waals surface area contributed by atoms with Crippen LogP contribution in [0.3, 0.4) is 0 Å².